The molecule has 20 heavy (non-hydrogen) atoms. The van der Waals surface area contributed by atoms with Crippen LogP contribution in [0.4, 0.5) is 4.39 Å². The Bertz CT molecular complexity index is 610. The highest BCUT2D eigenvalue weighted by molar-refractivity contribution is 9.10. The van der Waals surface area contributed by atoms with E-state index in [4.69, 9.17) is 0 Å². The Morgan fingerprint density at radius 1 is 1.05 bits per heavy atom. The quantitative estimate of drug-likeness (QED) is 0.879. The number of aliphatic hydroxyl groups is 1. The van der Waals surface area contributed by atoms with Gasteiger partial charge in [-0.25, -0.2) is 4.39 Å². The van der Waals surface area contributed by atoms with Crippen LogP contribution >= 0.6 is 15.9 Å². The molecular formula is C17H18BrFO. The van der Waals surface area contributed by atoms with E-state index >= 15 is 0 Å². The molecular weight excluding hydrogens is 319 g/mol. The second-order valence-electron chi connectivity index (χ2n) is 5.22. The molecule has 0 fully saturated rings. The normalized spacial score (nSPS) is 12.4. The van der Waals surface area contributed by atoms with Gasteiger partial charge < -0.3 is 5.11 Å². The van der Waals surface area contributed by atoms with Crippen LogP contribution in [-0.4, -0.2) is 11.2 Å². The highest BCUT2D eigenvalue weighted by Crippen LogP contribution is 2.21. The molecule has 0 aliphatic rings. The smallest absolute Gasteiger partial charge is 0.123 e. The summed E-state index contributed by atoms with van der Waals surface area (Å²) in [6.45, 7) is 4.13. The molecule has 1 nitrogen and oxygen atoms in total. The first-order valence-corrected chi connectivity index (χ1v) is 7.43. The van der Waals surface area contributed by atoms with Crippen LogP contribution in [0.1, 0.15) is 22.3 Å². The number of benzene rings is 2. The lowest BCUT2D eigenvalue weighted by Crippen LogP contribution is -2.14. The van der Waals surface area contributed by atoms with Gasteiger partial charge in [-0.3, -0.25) is 0 Å². The Hall–Kier alpha value is -1.19. The first kappa shape index (κ1) is 15.2. The molecule has 0 saturated heterocycles. The summed E-state index contributed by atoms with van der Waals surface area (Å²) in [5.41, 5.74) is 4.37. The monoisotopic (exact) mass is 336 g/mol. The van der Waals surface area contributed by atoms with Crippen molar-refractivity contribution in [2.75, 3.05) is 0 Å². The molecule has 1 atom stereocenters. The summed E-state index contributed by atoms with van der Waals surface area (Å²) in [5.74, 6) is -0.276. The third-order valence-corrected chi connectivity index (χ3v) is 4.28. The number of rotatable bonds is 4. The minimum Gasteiger partial charge on any atom is -0.392 e. The van der Waals surface area contributed by atoms with Crippen molar-refractivity contribution in [1.82, 2.24) is 0 Å². The van der Waals surface area contributed by atoms with Crippen LogP contribution in [0.2, 0.25) is 0 Å². The van der Waals surface area contributed by atoms with Crippen molar-refractivity contribution in [3.63, 3.8) is 0 Å². The van der Waals surface area contributed by atoms with Crippen LogP contribution in [0.25, 0.3) is 0 Å². The molecule has 3 heteroatoms. The van der Waals surface area contributed by atoms with Crippen LogP contribution < -0.4 is 0 Å². The van der Waals surface area contributed by atoms with E-state index in [1.54, 1.807) is 6.07 Å². The molecule has 1 N–H and O–H groups in total. The van der Waals surface area contributed by atoms with Gasteiger partial charge in [0.25, 0.3) is 0 Å². The summed E-state index contributed by atoms with van der Waals surface area (Å²) in [4.78, 5) is 0. The molecule has 0 aromatic heterocycles. The largest absolute Gasteiger partial charge is 0.392 e. The van der Waals surface area contributed by atoms with E-state index in [-0.39, 0.29) is 5.82 Å². The van der Waals surface area contributed by atoms with Crippen molar-refractivity contribution < 1.29 is 9.50 Å². The lowest BCUT2D eigenvalue weighted by atomic mass is 9.98. The van der Waals surface area contributed by atoms with Gasteiger partial charge in [0.2, 0.25) is 0 Å². The van der Waals surface area contributed by atoms with E-state index in [0.717, 1.165) is 15.6 Å². The average Bonchev–Trinajstić information content (AvgIpc) is 2.38. The Morgan fingerprint density at radius 3 is 2.50 bits per heavy atom. The second kappa shape index (κ2) is 6.51. The topological polar surface area (TPSA) is 20.2 Å². The number of hydrogen-bond acceptors (Lipinski definition) is 1. The Balaban J connectivity index is 2.06. The van der Waals surface area contributed by atoms with Crippen molar-refractivity contribution in [1.29, 1.82) is 0 Å². The Morgan fingerprint density at radius 2 is 1.80 bits per heavy atom. The van der Waals surface area contributed by atoms with Crippen molar-refractivity contribution in [2.45, 2.75) is 32.8 Å². The minimum atomic E-state index is -0.518. The highest BCUT2D eigenvalue weighted by Gasteiger charge is 2.10. The van der Waals surface area contributed by atoms with Crippen molar-refractivity contribution in [3.05, 3.63) is 68.9 Å². The van der Waals surface area contributed by atoms with Crippen LogP contribution in [0.15, 0.2) is 40.9 Å². The van der Waals surface area contributed by atoms with Crippen LogP contribution in [0, 0.1) is 19.7 Å². The molecule has 0 bridgehead atoms. The maximum Gasteiger partial charge on any atom is 0.123 e. The highest BCUT2D eigenvalue weighted by atomic mass is 79.9. The van der Waals surface area contributed by atoms with Gasteiger partial charge in [-0.1, -0.05) is 34.1 Å². The van der Waals surface area contributed by atoms with Gasteiger partial charge in [-0.05, 0) is 67.1 Å². The number of aliphatic hydroxyl groups excluding tert-OH is 1. The Labute approximate surface area is 127 Å². The van der Waals surface area contributed by atoms with Crippen LogP contribution in [0.5, 0.6) is 0 Å². The summed E-state index contributed by atoms with van der Waals surface area (Å²) < 4.78 is 14.1. The van der Waals surface area contributed by atoms with E-state index in [1.165, 1.54) is 23.3 Å². The van der Waals surface area contributed by atoms with E-state index in [2.05, 4.69) is 41.9 Å². The zero-order chi connectivity index (χ0) is 14.7. The first-order chi connectivity index (χ1) is 9.45. The van der Waals surface area contributed by atoms with Crippen LogP contribution in [-0.2, 0) is 12.8 Å². The Kier molecular flexibility index (Phi) is 4.95. The van der Waals surface area contributed by atoms with E-state index in [1.807, 2.05) is 6.07 Å². The minimum absolute atomic E-state index is 0.276. The van der Waals surface area contributed by atoms with E-state index in [9.17, 15) is 9.50 Å². The van der Waals surface area contributed by atoms with Crippen molar-refractivity contribution >= 4 is 15.9 Å². The van der Waals surface area contributed by atoms with Crippen molar-refractivity contribution in [3.8, 4) is 0 Å². The fourth-order valence-electron chi connectivity index (χ4n) is 2.23. The molecule has 0 spiro atoms. The van der Waals surface area contributed by atoms with Gasteiger partial charge >= 0.3 is 0 Å². The van der Waals surface area contributed by atoms with Gasteiger partial charge in [0, 0.05) is 4.47 Å². The molecule has 2 aromatic rings. The molecule has 0 aliphatic heterocycles. The fraction of sp³-hybridized carbons (Fsp3) is 0.294. The molecule has 0 aliphatic carbocycles. The molecule has 0 radical (unpaired) electrons. The molecule has 1 unspecified atom stereocenters. The zero-order valence-corrected chi connectivity index (χ0v) is 13.2. The van der Waals surface area contributed by atoms with Gasteiger partial charge in [-0.2, -0.15) is 0 Å². The van der Waals surface area contributed by atoms with Gasteiger partial charge in [0.05, 0.1) is 6.10 Å². The molecule has 106 valence electrons. The van der Waals surface area contributed by atoms with Gasteiger partial charge in [-0.15, -0.1) is 0 Å². The predicted octanol–water partition coefficient (Wildman–Crippen LogP) is 4.35. The third kappa shape index (κ3) is 3.90. The number of hydrogen-bond donors (Lipinski definition) is 1. The van der Waals surface area contributed by atoms with Crippen LogP contribution in [0.3, 0.4) is 0 Å². The number of aryl methyl sites for hydroxylation is 2. The molecule has 0 amide bonds. The van der Waals surface area contributed by atoms with E-state index in [0.29, 0.717) is 12.8 Å². The molecule has 2 aromatic carbocycles. The SMILES string of the molecule is Cc1ccc(CC(O)Cc2cc(F)ccc2Br)cc1C. The molecule has 0 heterocycles. The summed E-state index contributed by atoms with van der Waals surface area (Å²) in [5, 5.41) is 10.2. The maximum absolute atomic E-state index is 13.2. The predicted molar refractivity (Wildman–Crippen MR) is 83.4 cm³/mol. The van der Waals surface area contributed by atoms with E-state index < -0.39 is 6.10 Å². The maximum atomic E-state index is 13.2. The second-order valence-corrected chi connectivity index (χ2v) is 6.07. The lowest BCUT2D eigenvalue weighted by Gasteiger charge is -2.13. The standard InChI is InChI=1S/C17H18BrFO/c1-11-3-4-13(7-12(11)2)8-16(20)10-14-9-15(19)5-6-17(14)18/h3-7,9,16,20H,8,10H2,1-2H3. The lowest BCUT2D eigenvalue weighted by molar-refractivity contribution is 0.175. The van der Waals surface area contributed by atoms with Gasteiger partial charge in [0.1, 0.15) is 5.82 Å². The number of halogens is 2. The zero-order valence-electron chi connectivity index (χ0n) is 11.7. The fourth-order valence-corrected chi connectivity index (χ4v) is 2.64. The molecule has 0 saturated carbocycles. The average molecular weight is 337 g/mol. The molecule has 2 rings (SSSR count). The first-order valence-electron chi connectivity index (χ1n) is 6.64. The van der Waals surface area contributed by atoms with Gasteiger partial charge in [0.15, 0.2) is 0 Å². The third-order valence-electron chi connectivity index (χ3n) is 3.51. The summed E-state index contributed by atoms with van der Waals surface area (Å²) in [7, 11) is 0. The summed E-state index contributed by atoms with van der Waals surface area (Å²) >= 11 is 3.39. The van der Waals surface area contributed by atoms with Crippen molar-refractivity contribution in [2.24, 2.45) is 0 Å². The summed E-state index contributed by atoms with van der Waals surface area (Å²) in [6.07, 6.45) is 0.491. The summed E-state index contributed by atoms with van der Waals surface area (Å²) in [6, 6.07) is 10.7.